The summed E-state index contributed by atoms with van der Waals surface area (Å²) in [7, 11) is 0. The number of hydrogen-bond donors (Lipinski definition) is 1. The fourth-order valence-corrected chi connectivity index (χ4v) is 8.54. The van der Waals surface area contributed by atoms with Crippen LogP contribution in [0.4, 0.5) is 0 Å². The highest BCUT2D eigenvalue weighted by Crippen LogP contribution is 2.68. The normalized spacial score (nSPS) is 45.2. The zero-order chi connectivity index (χ0) is 19.8. The molecule has 0 radical (unpaired) electrons. The summed E-state index contributed by atoms with van der Waals surface area (Å²) < 4.78 is 0. The molecule has 0 spiro atoms. The van der Waals surface area contributed by atoms with E-state index in [1.165, 1.54) is 49.7 Å². The highest BCUT2D eigenvalue weighted by molar-refractivity contribution is 5.84. The molecule has 3 fully saturated rings. The number of aliphatic imine (C=N–C) groups is 1. The summed E-state index contributed by atoms with van der Waals surface area (Å²) in [6, 6.07) is 7.20. The van der Waals surface area contributed by atoms with Gasteiger partial charge >= 0.3 is 0 Å². The van der Waals surface area contributed by atoms with E-state index in [-0.39, 0.29) is 6.10 Å². The maximum absolute atomic E-state index is 10.2. The molecule has 0 saturated heterocycles. The molecule has 154 valence electrons. The van der Waals surface area contributed by atoms with Crippen LogP contribution in [0.15, 0.2) is 34.8 Å². The van der Waals surface area contributed by atoms with Crippen LogP contribution < -0.4 is 0 Å². The van der Waals surface area contributed by atoms with Crippen molar-refractivity contribution in [3.05, 3.63) is 46.5 Å². The van der Waals surface area contributed by atoms with Gasteiger partial charge in [-0.15, -0.1) is 0 Å². The van der Waals surface area contributed by atoms with E-state index in [1.807, 2.05) is 6.21 Å². The lowest BCUT2D eigenvalue weighted by atomic mass is 9.47. The molecule has 0 amide bonds. The number of rotatable bonds is 1. The molecule has 2 heteroatoms. The molecule has 3 saturated carbocycles. The van der Waals surface area contributed by atoms with Gasteiger partial charge in [0, 0.05) is 6.21 Å². The quantitative estimate of drug-likeness (QED) is 0.585. The van der Waals surface area contributed by atoms with Crippen molar-refractivity contribution in [2.24, 2.45) is 33.6 Å². The second kappa shape index (κ2) is 6.30. The van der Waals surface area contributed by atoms with Gasteiger partial charge in [0.15, 0.2) is 0 Å². The van der Waals surface area contributed by atoms with Crippen LogP contribution in [0.5, 0.6) is 0 Å². The van der Waals surface area contributed by atoms with Gasteiger partial charge in [-0.2, -0.15) is 0 Å². The maximum Gasteiger partial charge on any atom is 0.0646 e. The predicted octanol–water partition coefficient (Wildman–Crippen LogP) is 6.03. The van der Waals surface area contributed by atoms with Gasteiger partial charge in [-0.3, -0.25) is 4.99 Å². The SMILES string of the molecule is C[C@]12CC[C@H]3[C@@H](CC=C4C[C@@H](O)CC[C@@]43C)[C@@H]1CC[C@@H]2c1ccc2c(c1)CN=C2. The topological polar surface area (TPSA) is 32.6 Å². The van der Waals surface area contributed by atoms with Gasteiger partial charge in [0.05, 0.1) is 12.6 Å². The Morgan fingerprint density at radius 1 is 1.03 bits per heavy atom. The van der Waals surface area contributed by atoms with Crippen LogP contribution >= 0.6 is 0 Å². The summed E-state index contributed by atoms with van der Waals surface area (Å²) in [5.41, 5.74) is 6.74. The van der Waals surface area contributed by atoms with Gasteiger partial charge in [-0.05, 0) is 103 Å². The maximum atomic E-state index is 10.2. The molecular formula is C27H35NO. The van der Waals surface area contributed by atoms with E-state index in [1.54, 1.807) is 11.1 Å². The van der Waals surface area contributed by atoms with E-state index in [0.717, 1.165) is 37.1 Å². The van der Waals surface area contributed by atoms with E-state index in [4.69, 9.17) is 0 Å². The third kappa shape index (κ3) is 2.54. The highest BCUT2D eigenvalue weighted by Gasteiger charge is 2.58. The molecule has 6 rings (SSSR count). The van der Waals surface area contributed by atoms with Crippen LogP contribution in [0.3, 0.4) is 0 Å². The largest absolute Gasteiger partial charge is 0.393 e. The number of hydrogen-bond acceptors (Lipinski definition) is 2. The van der Waals surface area contributed by atoms with Gasteiger partial charge in [0.1, 0.15) is 0 Å². The lowest BCUT2D eigenvalue weighted by Crippen LogP contribution is -2.50. The van der Waals surface area contributed by atoms with Crippen molar-refractivity contribution in [1.82, 2.24) is 0 Å². The monoisotopic (exact) mass is 389 g/mol. The molecule has 0 bridgehead atoms. The standard InChI is InChI=1S/C27H35NO/c1-26-11-9-21(29)14-20(26)5-6-22-24-8-7-23(27(24,2)12-10-25(22)26)17-3-4-18-15-28-16-19(18)13-17/h3-5,13,15,21-25,29H,6-12,14,16H2,1-2H3/t21-,22-,23+,24-,25-,26-,27+/m0/s1. The van der Waals surface area contributed by atoms with Crippen molar-refractivity contribution >= 4 is 6.21 Å². The number of allylic oxidation sites excluding steroid dienone is 1. The number of aliphatic hydroxyl groups is 1. The van der Waals surface area contributed by atoms with E-state index in [9.17, 15) is 5.11 Å². The van der Waals surface area contributed by atoms with E-state index in [0.29, 0.717) is 16.7 Å². The van der Waals surface area contributed by atoms with Gasteiger partial charge in [0.25, 0.3) is 0 Å². The minimum atomic E-state index is -0.0978. The molecule has 0 unspecified atom stereocenters. The smallest absolute Gasteiger partial charge is 0.0646 e. The Morgan fingerprint density at radius 2 is 1.93 bits per heavy atom. The summed E-state index contributed by atoms with van der Waals surface area (Å²) in [5.74, 6) is 3.25. The molecule has 1 aromatic carbocycles. The number of nitrogens with zero attached hydrogens (tertiary/aromatic N) is 1. The second-order valence-corrected chi connectivity index (χ2v) is 11.3. The number of fused-ring (bicyclic) bond motifs is 6. The molecule has 4 aliphatic carbocycles. The van der Waals surface area contributed by atoms with Crippen LogP contribution in [-0.4, -0.2) is 17.4 Å². The van der Waals surface area contributed by atoms with Crippen LogP contribution in [0, 0.1) is 28.6 Å². The lowest BCUT2D eigenvalue weighted by molar-refractivity contribution is -0.0409. The highest BCUT2D eigenvalue weighted by atomic mass is 16.3. The fraction of sp³-hybridized carbons (Fsp3) is 0.667. The summed E-state index contributed by atoms with van der Waals surface area (Å²) in [6.07, 6.45) is 14.4. The van der Waals surface area contributed by atoms with Crippen molar-refractivity contribution in [1.29, 1.82) is 0 Å². The molecule has 0 aromatic heterocycles. The van der Waals surface area contributed by atoms with Crippen molar-refractivity contribution in [2.45, 2.75) is 83.8 Å². The van der Waals surface area contributed by atoms with Gasteiger partial charge in [-0.1, -0.05) is 43.7 Å². The first-order valence-electron chi connectivity index (χ1n) is 12.0. The Labute approximate surface area is 175 Å². The van der Waals surface area contributed by atoms with Crippen LogP contribution in [-0.2, 0) is 6.54 Å². The van der Waals surface area contributed by atoms with E-state index >= 15 is 0 Å². The summed E-state index contributed by atoms with van der Waals surface area (Å²) in [5, 5.41) is 10.2. The molecule has 2 nitrogen and oxygen atoms in total. The Kier molecular flexibility index (Phi) is 3.99. The van der Waals surface area contributed by atoms with Crippen LogP contribution in [0.1, 0.15) is 87.8 Å². The Morgan fingerprint density at radius 3 is 2.83 bits per heavy atom. The van der Waals surface area contributed by atoms with Gasteiger partial charge in [0.2, 0.25) is 0 Å². The molecular weight excluding hydrogens is 354 g/mol. The number of benzene rings is 1. The molecule has 5 aliphatic rings. The minimum Gasteiger partial charge on any atom is -0.393 e. The molecule has 1 aromatic rings. The first-order valence-corrected chi connectivity index (χ1v) is 12.0. The average Bonchev–Trinajstić information content (AvgIpc) is 3.31. The molecule has 7 atom stereocenters. The molecule has 1 heterocycles. The van der Waals surface area contributed by atoms with E-state index < -0.39 is 0 Å². The van der Waals surface area contributed by atoms with Crippen LogP contribution in [0.2, 0.25) is 0 Å². The Bertz CT molecular complexity index is 900. The summed E-state index contributed by atoms with van der Waals surface area (Å²) in [4.78, 5) is 4.47. The number of aliphatic hydroxyl groups excluding tert-OH is 1. The van der Waals surface area contributed by atoms with Crippen molar-refractivity contribution in [3.63, 3.8) is 0 Å². The van der Waals surface area contributed by atoms with Crippen molar-refractivity contribution in [3.8, 4) is 0 Å². The molecule has 1 aliphatic heterocycles. The zero-order valence-corrected chi connectivity index (χ0v) is 18.0. The van der Waals surface area contributed by atoms with E-state index in [2.05, 4.69) is 43.1 Å². The fourth-order valence-electron chi connectivity index (χ4n) is 8.54. The third-order valence-electron chi connectivity index (χ3n) is 10.1. The first-order chi connectivity index (χ1) is 14.0. The minimum absolute atomic E-state index is 0.0978. The predicted molar refractivity (Wildman–Crippen MR) is 118 cm³/mol. The Balaban J connectivity index is 1.31. The lowest BCUT2D eigenvalue weighted by Gasteiger charge is -2.58. The van der Waals surface area contributed by atoms with Gasteiger partial charge in [-0.25, -0.2) is 0 Å². The molecule has 29 heavy (non-hydrogen) atoms. The Hall–Kier alpha value is -1.41. The first kappa shape index (κ1) is 18.4. The average molecular weight is 390 g/mol. The summed E-state index contributed by atoms with van der Waals surface area (Å²) >= 11 is 0. The second-order valence-electron chi connectivity index (χ2n) is 11.3. The van der Waals surface area contributed by atoms with Crippen molar-refractivity contribution in [2.75, 3.05) is 0 Å². The molecule has 1 N–H and O–H groups in total. The van der Waals surface area contributed by atoms with Crippen molar-refractivity contribution < 1.29 is 5.11 Å². The third-order valence-corrected chi connectivity index (χ3v) is 10.1. The summed E-state index contributed by atoms with van der Waals surface area (Å²) in [6.45, 7) is 6.04. The zero-order valence-electron chi connectivity index (χ0n) is 18.0. The van der Waals surface area contributed by atoms with Gasteiger partial charge < -0.3 is 5.11 Å². The van der Waals surface area contributed by atoms with Crippen LogP contribution in [0.25, 0.3) is 0 Å².